The van der Waals surface area contributed by atoms with E-state index in [4.69, 9.17) is 11.6 Å². The van der Waals surface area contributed by atoms with Crippen molar-refractivity contribution in [2.75, 3.05) is 6.54 Å². The van der Waals surface area contributed by atoms with Gasteiger partial charge < -0.3 is 5.32 Å². The number of aryl methyl sites for hydroxylation is 1. The Morgan fingerprint density at radius 3 is 2.88 bits per heavy atom. The maximum absolute atomic E-state index is 11.8. The molecule has 1 aromatic rings. The number of pyridine rings is 1. The second-order valence-electron chi connectivity index (χ2n) is 4.50. The molecule has 1 amide bonds. The first-order chi connectivity index (χ1) is 7.56. The summed E-state index contributed by atoms with van der Waals surface area (Å²) in [5.41, 5.74) is 1.35. The highest BCUT2D eigenvalue weighted by molar-refractivity contribution is 6.29. The van der Waals surface area contributed by atoms with Crippen LogP contribution in [0.15, 0.2) is 12.1 Å². The van der Waals surface area contributed by atoms with Crippen LogP contribution >= 0.6 is 11.6 Å². The van der Waals surface area contributed by atoms with E-state index in [9.17, 15) is 4.79 Å². The fourth-order valence-corrected chi connectivity index (χ4v) is 2.02. The molecular formula is C12H15ClN2O. The van der Waals surface area contributed by atoms with Crippen molar-refractivity contribution in [1.29, 1.82) is 0 Å². The predicted octanol–water partition coefficient (Wildman–Crippen LogP) is 2.43. The molecule has 2 unspecified atom stereocenters. The minimum absolute atomic E-state index is 0.0634. The lowest BCUT2D eigenvalue weighted by Gasteiger charge is -2.05. The molecule has 3 nitrogen and oxygen atoms in total. The number of carbonyl (C=O) groups is 1. The van der Waals surface area contributed by atoms with Crippen molar-refractivity contribution in [3.8, 4) is 0 Å². The fraction of sp³-hybridized carbons (Fsp3) is 0.500. The molecule has 1 N–H and O–H groups in total. The normalized spacial score (nSPS) is 22.9. The second-order valence-corrected chi connectivity index (χ2v) is 4.89. The molecule has 0 saturated heterocycles. The standard InChI is InChI=1S/C12H15ClN2O/c1-7-3-10(7)6-14-12(16)9-4-8(2)15-11(13)5-9/h4-5,7,10H,3,6H2,1-2H3,(H,14,16). The highest BCUT2D eigenvalue weighted by Gasteiger charge is 2.32. The fourth-order valence-electron chi connectivity index (χ4n) is 1.77. The predicted molar refractivity (Wildman–Crippen MR) is 63.6 cm³/mol. The van der Waals surface area contributed by atoms with Crippen LogP contribution in [0.25, 0.3) is 0 Å². The third kappa shape index (κ3) is 2.73. The van der Waals surface area contributed by atoms with Gasteiger partial charge in [-0.05, 0) is 37.3 Å². The van der Waals surface area contributed by atoms with E-state index in [1.807, 2.05) is 6.92 Å². The van der Waals surface area contributed by atoms with E-state index in [-0.39, 0.29) is 5.91 Å². The maximum atomic E-state index is 11.8. The van der Waals surface area contributed by atoms with Crippen LogP contribution in [-0.2, 0) is 0 Å². The van der Waals surface area contributed by atoms with Crippen LogP contribution in [0.2, 0.25) is 5.15 Å². The first-order valence-corrected chi connectivity index (χ1v) is 5.86. The Labute approximate surface area is 100 Å². The Morgan fingerprint density at radius 2 is 2.31 bits per heavy atom. The van der Waals surface area contributed by atoms with Gasteiger partial charge in [-0.25, -0.2) is 4.98 Å². The van der Waals surface area contributed by atoms with E-state index < -0.39 is 0 Å². The van der Waals surface area contributed by atoms with Crippen LogP contribution in [0.1, 0.15) is 29.4 Å². The summed E-state index contributed by atoms with van der Waals surface area (Å²) in [5, 5.41) is 3.29. The number of amides is 1. The Balaban J connectivity index is 1.97. The molecule has 0 aliphatic heterocycles. The molecule has 0 spiro atoms. The summed E-state index contributed by atoms with van der Waals surface area (Å²) in [7, 11) is 0. The van der Waals surface area contributed by atoms with Crippen LogP contribution < -0.4 is 5.32 Å². The first kappa shape index (κ1) is 11.4. The number of carbonyl (C=O) groups excluding carboxylic acids is 1. The number of rotatable bonds is 3. The zero-order chi connectivity index (χ0) is 11.7. The summed E-state index contributed by atoms with van der Waals surface area (Å²) in [6, 6.07) is 3.34. The van der Waals surface area contributed by atoms with Gasteiger partial charge in [0.25, 0.3) is 5.91 Å². The van der Waals surface area contributed by atoms with Crippen molar-refractivity contribution in [3.63, 3.8) is 0 Å². The van der Waals surface area contributed by atoms with Crippen molar-refractivity contribution in [2.24, 2.45) is 11.8 Å². The number of nitrogens with zero attached hydrogens (tertiary/aromatic N) is 1. The summed E-state index contributed by atoms with van der Waals surface area (Å²) in [6.45, 7) is 4.79. The third-order valence-electron chi connectivity index (χ3n) is 2.99. The summed E-state index contributed by atoms with van der Waals surface area (Å²) >= 11 is 5.80. The summed E-state index contributed by atoms with van der Waals surface area (Å²) in [6.07, 6.45) is 1.22. The summed E-state index contributed by atoms with van der Waals surface area (Å²) in [5.74, 6) is 1.34. The van der Waals surface area contributed by atoms with Gasteiger partial charge in [0.05, 0.1) is 0 Å². The molecule has 1 aliphatic rings. The van der Waals surface area contributed by atoms with E-state index in [2.05, 4.69) is 17.2 Å². The van der Waals surface area contributed by atoms with Gasteiger partial charge in [0.2, 0.25) is 0 Å². The van der Waals surface area contributed by atoms with Gasteiger partial charge in [0.15, 0.2) is 0 Å². The van der Waals surface area contributed by atoms with Crippen LogP contribution in [0.3, 0.4) is 0 Å². The highest BCUT2D eigenvalue weighted by Crippen LogP contribution is 2.36. The topological polar surface area (TPSA) is 42.0 Å². The molecule has 16 heavy (non-hydrogen) atoms. The highest BCUT2D eigenvalue weighted by atomic mass is 35.5. The third-order valence-corrected chi connectivity index (χ3v) is 3.18. The minimum atomic E-state index is -0.0634. The largest absolute Gasteiger partial charge is 0.352 e. The molecule has 2 rings (SSSR count). The van der Waals surface area contributed by atoms with Crippen molar-refractivity contribution in [1.82, 2.24) is 10.3 Å². The molecule has 1 aliphatic carbocycles. The number of hydrogen-bond acceptors (Lipinski definition) is 2. The number of nitrogens with one attached hydrogen (secondary N) is 1. The van der Waals surface area contributed by atoms with Crippen molar-refractivity contribution in [2.45, 2.75) is 20.3 Å². The lowest BCUT2D eigenvalue weighted by atomic mass is 10.2. The molecule has 1 aromatic heterocycles. The maximum Gasteiger partial charge on any atom is 0.251 e. The molecule has 0 bridgehead atoms. The van der Waals surface area contributed by atoms with Crippen LogP contribution in [0, 0.1) is 18.8 Å². The summed E-state index contributed by atoms with van der Waals surface area (Å²) in [4.78, 5) is 15.8. The molecule has 1 saturated carbocycles. The first-order valence-electron chi connectivity index (χ1n) is 5.48. The molecular weight excluding hydrogens is 224 g/mol. The van der Waals surface area contributed by atoms with Crippen molar-refractivity contribution >= 4 is 17.5 Å². The van der Waals surface area contributed by atoms with Crippen LogP contribution in [0.4, 0.5) is 0 Å². The Morgan fingerprint density at radius 1 is 1.62 bits per heavy atom. The SMILES string of the molecule is Cc1cc(C(=O)NCC2CC2C)cc(Cl)n1. The molecule has 86 valence electrons. The van der Waals surface area contributed by atoms with Crippen LogP contribution in [-0.4, -0.2) is 17.4 Å². The van der Waals surface area contributed by atoms with Crippen molar-refractivity contribution < 1.29 is 4.79 Å². The quantitative estimate of drug-likeness (QED) is 0.822. The van der Waals surface area contributed by atoms with E-state index in [1.165, 1.54) is 6.42 Å². The lowest BCUT2D eigenvalue weighted by Crippen LogP contribution is -2.26. The molecule has 0 radical (unpaired) electrons. The molecule has 1 heterocycles. The van der Waals surface area contributed by atoms with Gasteiger partial charge in [0.1, 0.15) is 5.15 Å². The molecule has 2 atom stereocenters. The average molecular weight is 239 g/mol. The zero-order valence-electron chi connectivity index (χ0n) is 9.46. The monoisotopic (exact) mass is 238 g/mol. The van der Waals surface area contributed by atoms with Gasteiger partial charge in [-0.1, -0.05) is 18.5 Å². The van der Waals surface area contributed by atoms with Gasteiger partial charge >= 0.3 is 0 Å². The number of hydrogen-bond donors (Lipinski definition) is 1. The van der Waals surface area contributed by atoms with Gasteiger partial charge in [-0.3, -0.25) is 4.79 Å². The second kappa shape index (κ2) is 4.42. The number of halogens is 1. The van der Waals surface area contributed by atoms with Gasteiger partial charge in [-0.2, -0.15) is 0 Å². The molecule has 4 heteroatoms. The van der Waals surface area contributed by atoms with E-state index in [1.54, 1.807) is 12.1 Å². The van der Waals surface area contributed by atoms with Crippen molar-refractivity contribution in [3.05, 3.63) is 28.5 Å². The minimum Gasteiger partial charge on any atom is -0.352 e. The van der Waals surface area contributed by atoms with Crippen LogP contribution in [0.5, 0.6) is 0 Å². The zero-order valence-corrected chi connectivity index (χ0v) is 10.2. The molecule has 0 aromatic carbocycles. The Kier molecular flexibility index (Phi) is 3.15. The van der Waals surface area contributed by atoms with E-state index in [0.717, 1.165) is 18.2 Å². The van der Waals surface area contributed by atoms with E-state index in [0.29, 0.717) is 16.6 Å². The number of aromatic nitrogens is 1. The van der Waals surface area contributed by atoms with E-state index >= 15 is 0 Å². The van der Waals surface area contributed by atoms with Gasteiger partial charge in [0, 0.05) is 17.8 Å². The molecule has 1 fully saturated rings. The Hall–Kier alpha value is -1.09. The lowest BCUT2D eigenvalue weighted by molar-refractivity contribution is 0.0951. The average Bonchev–Trinajstić information content (AvgIpc) is 2.89. The smallest absolute Gasteiger partial charge is 0.251 e. The van der Waals surface area contributed by atoms with Gasteiger partial charge in [-0.15, -0.1) is 0 Å². The Bertz CT molecular complexity index is 399. The summed E-state index contributed by atoms with van der Waals surface area (Å²) < 4.78 is 0.